The van der Waals surface area contributed by atoms with Crippen LogP contribution in [0.4, 0.5) is 0 Å². The summed E-state index contributed by atoms with van der Waals surface area (Å²) in [6.45, 7) is 3.12. The second-order valence-corrected chi connectivity index (χ2v) is 7.98. The topological polar surface area (TPSA) is 49.4 Å². The van der Waals surface area contributed by atoms with Crippen LogP contribution in [0.1, 0.15) is 48.9 Å². The molecule has 32 heavy (non-hydrogen) atoms. The summed E-state index contributed by atoms with van der Waals surface area (Å²) in [5.41, 5.74) is 2.75. The van der Waals surface area contributed by atoms with Crippen LogP contribution in [0.3, 0.4) is 0 Å². The maximum Gasteiger partial charge on any atom is 0.247 e. The molecule has 0 unspecified atom stereocenters. The zero-order valence-electron chi connectivity index (χ0n) is 18.7. The monoisotopic (exact) mass is 428 g/mol. The quantitative estimate of drug-likeness (QED) is 0.421. The van der Waals surface area contributed by atoms with Crippen LogP contribution >= 0.6 is 0 Å². The number of nitrogens with zero attached hydrogens (tertiary/aromatic N) is 1. The number of carbonyl (C=O) groups excluding carboxylic acids is 2. The molecule has 0 aromatic heterocycles. The van der Waals surface area contributed by atoms with Crippen LogP contribution in [0.25, 0.3) is 0 Å². The first-order valence-electron chi connectivity index (χ1n) is 11.4. The second-order valence-electron chi connectivity index (χ2n) is 7.98. The minimum atomic E-state index is -0.686. The predicted octanol–water partition coefficient (Wildman–Crippen LogP) is 5.31. The van der Waals surface area contributed by atoms with E-state index in [9.17, 15) is 9.59 Å². The fraction of sp³-hybridized carbons (Fsp3) is 0.286. The van der Waals surface area contributed by atoms with E-state index in [1.54, 1.807) is 4.90 Å². The third kappa shape index (κ3) is 6.81. The number of nitrogens with one attached hydrogen (secondary N) is 1. The van der Waals surface area contributed by atoms with E-state index in [0.29, 0.717) is 13.1 Å². The van der Waals surface area contributed by atoms with Crippen molar-refractivity contribution in [1.82, 2.24) is 10.2 Å². The predicted molar refractivity (Wildman–Crippen MR) is 129 cm³/mol. The van der Waals surface area contributed by atoms with Crippen molar-refractivity contribution in [3.8, 4) is 0 Å². The number of hydrogen-bond donors (Lipinski definition) is 1. The van der Waals surface area contributed by atoms with Gasteiger partial charge in [0.1, 0.15) is 6.04 Å². The molecule has 166 valence electrons. The maximum atomic E-state index is 13.6. The van der Waals surface area contributed by atoms with Crippen molar-refractivity contribution in [2.24, 2.45) is 0 Å². The van der Waals surface area contributed by atoms with Crippen LogP contribution in [-0.4, -0.2) is 23.3 Å². The Balaban J connectivity index is 1.91. The smallest absolute Gasteiger partial charge is 0.247 e. The fourth-order valence-electron chi connectivity index (χ4n) is 3.77. The van der Waals surface area contributed by atoms with E-state index in [-0.39, 0.29) is 18.2 Å². The molecule has 3 rings (SSSR count). The third-order valence-electron chi connectivity index (χ3n) is 5.47. The Kier molecular flexibility index (Phi) is 9.05. The molecular formula is C28H32N2O2. The van der Waals surface area contributed by atoms with E-state index in [0.717, 1.165) is 36.0 Å². The Morgan fingerprint density at radius 1 is 0.781 bits per heavy atom. The van der Waals surface area contributed by atoms with Gasteiger partial charge in [0.2, 0.25) is 11.8 Å². The van der Waals surface area contributed by atoms with Gasteiger partial charge in [-0.3, -0.25) is 9.59 Å². The summed E-state index contributed by atoms with van der Waals surface area (Å²) in [4.78, 5) is 28.7. The van der Waals surface area contributed by atoms with Crippen molar-refractivity contribution in [3.63, 3.8) is 0 Å². The van der Waals surface area contributed by atoms with Crippen molar-refractivity contribution in [3.05, 3.63) is 108 Å². The molecule has 0 spiro atoms. The number of benzene rings is 3. The van der Waals surface area contributed by atoms with Gasteiger partial charge in [-0.2, -0.15) is 0 Å². The molecule has 0 aliphatic carbocycles. The summed E-state index contributed by atoms with van der Waals surface area (Å²) >= 11 is 0. The highest BCUT2D eigenvalue weighted by atomic mass is 16.2. The van der Waals surface area contributed by atoms with Gasteiger partial charge in [0, 0.05) is 13.1 Å². The molecule has 0 bridgehead atoms. The van der Waals surface area contributed by atoms with Gasteiger partial charge in [0.25, 0.3) is 0 Å². The Bertz CT molecular complexity index is 958. The molecule has 0 fully saturated rings. The lowest BCUT2D eigenvalue weighted by atomic mass is 10.0. The maximum absolute atomic E-state index is 13.6. The summed E-state index contributed by atoms with van der Waals surface area (Å²) in [6.07, 6.45) is 3.34. The molecule has 1 atom stereocenters. The molecule has 0 saturated heterocycles. The molecule has 1 N–H and O–H groups in total. The van der Waals surface area contributed by atoms with Gasteiger partial charge >= 0.3 is 0 Å². The summed E-state index contributed by atoms with van der Waals surface area (Å²) in [5, 5.41) is 3.07. The first kappa shape index (κ1) is 23.3. The first-order chi connectivity index (χ1) is 15.7. The molecule has 3 aromatic carbocycles. The molecule has 0 radical (unpaired) electrons. The minimum Gasteiger partial charge on any atom is -0.354 e. The summed E-state index contributed by atoms with van der Waals surface area (Å²) in [7, 11) is 0. The highest BCUT2D eigenvalue weighted by Gasteiger charge is 2.31. The number of rotatable bonds is 11. The molecule has 0 aliphatic heterocycles. The van der Waals surface area contributed by atoms with Crippen molar-refractivity contribution < 1.29 is 9.59 Å². The van der Waals surface area contributed by atoms with Crippen LogP contribution in [0, 0.1) is 0 Å². The molecule has 0 saturated carbocycles. The van der Waals surface area contributed by atoms with Crippen LogP contribution < -0.4 is 5.32 Å². The highest BCUT2D eigenvalue weighted by molar-refractivity contribution is 5.89. The van der Waals surface area contributed by atoms with E-state index < -0.39 is 6.04 Å². The summed E-state index contributed by atoms with van der Waals surface area (Å²) in [5.74, 6) is -0.206. The van der Waals surface area contributed by atoms with Crippen LogP contribution in [-0.2, 0) is 22.6 Å². The van der Waals surface area contributed by atoms with E-state index in [1.165, 1.54) is 0 Å². The Morgan fingerprint density at radius 2 is 1.34 bits per heavy atom. The Morgan fingerprint density at radius 3 is 1.94 bits per heavy atom. The van der Waals surface area contributed by atoms with Crippen molar-refractivity contribution >= 4 is 11.8 Å². The van der Waals surface area contributed by atoms with Gasteiger partial charge in [0.05, 0.1) is 6.42 Å². The van der Waals surface area contributed by atoms with Crippen molar-refractivity contribution in [1.29, 1.82) is 0 Å². The lowest BCUT2D eigenvalue weighted by molar-refractivity contribution is -0.141. The van der Waals surface area contributed by atoms with Crippen molar-refractivity contribution in [2.75, 3.05) is 6.54 Å². The van der Waals surface area contributed by atoms with Gasteiger partial charge in [-0.15, -0.1) is 0 Å². The number of carbonyl (C=O) groups is 2. The van der Waals surface area contributed by atoms with Crippen LogP contribution in [0.2, 0.25) is 0 Å². The summed E-state index contributed by atoms with van der Waals surface area (Å²) < 4.78 is 0. The molecule has 3 aromatic rings. The van der Waals surface area contributed by atoms with Crippen LogP contribution in [0.5, 0.6) is 0 Å². The number of hydrogen-bond acceptors (Lipinski definition) is 2. The third-order valence-corrected chi connectivity index (χ3v) is 5.47. The fourth-order valence-corrected chi connectivity index (χ4v) is 3.77. The highest BCUT2D eigenvalue weighted by Crippen LogP contribution is 2.25. The van der Waals surface area contributed by atoms with E-state index in [4.69, 9.17) is 0 Å². The largest absolute Gasteiger partial charge is 0.354 e. The average Bonchev–Trinajstić information content (AvgIpc) is 2.83. The zero-order chi connectivity index (χ0) is 22.6. The van der Waals surface area contributed by atoms with Gasteiger partial charge < -0.3 is 10.2 Å². The van der Waals surface area contributed by atoms with E-state index >= 15 is 0 Å². The van der Waals surface area contributed by atoms with E-state index in [1.807, 2.05) is 91.0 Å². The van der Waals surface area contributed by atoms with Gasteiger partial charge in [0.15, 0.2) is 0 Å². The molecule has 0 heterocycles. The van der Waals surface area contributed by atoms with E-state index in [2.05, 4.69) is 12.2 Å². The lowest BCUT2D eigenvalue weighted by Gasteiger charge is -2.32. The van der Waals surface area contributed by atoms with Gasteiger partial charge in [-0.05, 0) is 23.1 Å². The first-order valence-corrected chi connectivity index (χ1v) is 11.4. The molecular weight excluding hydrogens is 396 g/mol. The molecule has 0 aliphatic rings. The minimum absolute atomic E-state index is 0.0717. The second kappa shape index (κ2) is 12.5. The Hall–Kier alpha value is -3.40. The Labute approximate surface area is 191 Å². The molecule has 4 heteroatoms. The molecule has 4 nitrogen and oxygen atoms in total. The standard InChI is InChI=1S/C28H32N2O2/c1-2-3-13-20-29-28(32)27(25-18-11-6-12-19-25)30(22-24-16-9-5-10-17-24)26(31)21-23-14-7-4-8-15-23/h4-12,14-19,27H,2-3,13,20-22H2,1H3,(H,29,32)/t27-/m0/s1. The average molecular weight is 429 g/mol. The van der Waals surface area contributed by atoms with Gasteiger partial charge in [-0.25, -0.2) is 0 Å². The molecule has 2 amide bonds. The van der Waals surface area contributed by atoms with Crippen LogP contribution in [0.15, 0.2) is 91.0 Å². The zero-order valence-corrected chi connectivity index (χ0v) is 18.7. The SMILES string of the molecule is CCCCCNC(=O)[C@H](c1ccccc1)N(Cc1ccccc1)C(=O)Cc1ccccc1. The summed E-state index contributed by atoms with van der Waals surface area (Å²) in [6, 6.07) is 28.4. The van der Waals surface area contributed by atoms with Crippen molar-refractivity contribution in [2.45, 2.75) is 45.2 Å². The number of amides is 2. The number of unbranched alkanes of at least 4 members (excludes halogenated alkanes) is 2. The lowest BCUT2D eigenvalue weighted by Crippen LogP contribution is -2.44. The normalized spacial score (nSPS) is 11.5. The van der Waals surface area contributed by atoms with Gasteiger partial charge in [-0.1, -0.05) is 111 Å².